The van der Waals surface area contributed by atoms with Crippen LogP contribution >= 0.6 is 0 Å². The lowest BCUT2D eigenvalue weighted by molar-refractivity contribution is 0.641. The molecule has 0 saturated carbocycles. The van der Waals surface area contributed by atoms with Gasteiger partial charge in [0, 0.05) is 6.20 Å². The molecule has 2 N–H and O–H groups in total. The van der Waals surface area contributed by atoms with E-state index in [2.05, 4.69) is 23.0 Å². The first-order chi connectivity index (χ1) is 8.31. The van der Waals surface area contributed by atoms with E-state index in [-0.39, 0.29) is 6.04 Å². The van der Waals surface area contributed by atoms with Gasteiger partial charge in [0.05, 0.1) is 24.6 Å². The highest BCUT2D eigenvalue weighted by Gasteiger charge is 2.11. The van der Waals surface area contributed by atoms with Crippen LogP contribution in [0.4, 0.5) is 0 Å². The first-order valence-electron chi connectivity index (χ1n) is 5.54. The van der Waals surface area contributed by atoms with Gasteiger partial charge in [-0.2, -0.15) is 0 Å². The Kier molecular flexibility index (Phi) is 3.59. The molecule has 1 atom stereocenters. The molecular formula is C14H15N3. The average molecular weight is 225 g/mol. The van der Waals surface area contributed by atoms with Crippen LogP contribution in [0.2, 0.25) is 0 Å². The lowest BCUT2D eigenvalue weighted by Gasteiger charge is -2.13. The summed E-state index contributed by atoms with van der Waals surface area (Å²) in [5.74, 6) is 2.60. The molecule has 1 heterocycles. The van der Waals surface area contributed by atoms with E-state index in [4.69, 9.17) is 12.2 Å². The number of hydrogen-bond donors (Lipinski definition) is 1. The fourth-order valence-electron chi connectivity index (χ4n) is 1.84. The molecule has 0 bridgehead atoms. The molecule has 17 heavy (non-hydrogen) atoms. The number of hydrogen-bond acceptors (Lipinski definition) is 2. The Balaban J connectivity index is 2.12. The molecule has 86 valence electrons. The molecular weight excluding hydrogens is 210 g/mol. The van der Waals surface area contributed by atoms with Crippen molar-refractivity contribution < 1.29 is 0 Å². The maximum atomic E-state index is 6.17. The van der Waals surface area contributed by atoms with E-state index in [0.29, 0.717) is 6.54 Å². The van der Waals surface area contributed by atoms with E-state index in [1.807, 2.05) is 22.8 Å². The van der Waals surface area contributed by atoms with Crippen LogP contribution in [0, 0.1) is 12.3 Å². The van der Waals surface area contributed by atoms with Crippen LogP contribution in [-0.4, -0.2) is 9.55 Å². The van der Waals surface area contributed by atoms with Crippen LogP contribution in [0.3, 0.4) is 0 Å². The van der Waals surface area contributed by atoms with Crippen molar-refractivity contribution in [3.8, 4) is 12.3 Å². The summed E-state index contributed by atoms with van der Waals surface area (Å²) in [5.41, 5.74) is 8.37. The summed E-state index contributed by atoms with van der Waals surface area (Å²) in [6.45, 7) is 0.512. The zero-order valence-electron chi connectivity index (χ0n) is 9.58. The van der Waals surface area contributed by atoms with Gasteiger partial charge in [-0.3, -0.25) is 0 Å². The van der Waals surface area contributed by atoms with E-state index < -0.39 is 0 Å². The lowest BCUT2D eigenvalue weighted by atomic mass is 10.0. The van der Waals surface area contributed by atoms with Crippen molar-refractivity contribution >= 4 is 0 Å². The molecule has 0 aliphatic heterocycles. The Bertz CT molecular complexity index is 508. The van der Waals surface area contributed by atoms with Gasteiger partial charge < -0.3 is 10.3 Å². The Morgan fingerprint density at radius 3 is 2.82 bits per heavy atom. The Hall–Kier alpha value is -2.05. The molecule has 3 heteroatoms. The third-order valence-corrected chi connectivity index (χ3v) is 2.68. The number of benzene rings is 1. The van der Waals surface area contributed by atoms with Crippen LogP contribution in [-0.2, 0) is 13.0 Å². The second kappa shape index (κ2) is 5.33. The zero-order valence-corrected chi connectivity index (χ0v) is 9.58. The van der Waals surface area contributed by atoms with Gasteiger partial charge in [0.25, 0.3) is 0 Å². The van der Waals surface area contributed by atoms with Crippen LogP contribution in [0.5, 0.6) is 0 Å². The smallest absolute Gasteiger partial charge is 0.0957 e. The predicted molar refractivity (Wildman–Crippen MR) is 68.1 cm³/mol. The first kappa shape index (κ1) is 11.4. The van der Waals surface area contributed by atoms with E-state index in [9.17, 15) is 0 Å². The van der Waals surface area contributed by atoms with Gasteiger partial charge in [-0.25, -0.2) is 4.98 Å². The molecule has 2 rings (SSSR count). The predicted octanol–water partition coefficient (Wildman–Crippen LogP) is 1.76. The van der Waals surface area contributed by atoms with Crippen LogP contribution < -0.4 is 5.73 Å². The Morgan fingerprint density at radius 2 is 2.12 bits per heavy atom. The maximum absolute atomic E-state index is 6.17. The van der Waals surface area contributed by atoms with Gasteiger partial charge in [0.2, 0.25) is 0 Å². The molecule has 0 saturated heterocycles. The molecule has 0 amide bonds. The minimum absolute atomic E-state index is 0.0757. The standard InChI is InChI=1S/C14H15N3/c1-2-8-17-11-16-10-14(17)13(15)9-12-6-4-3-5-7-12/h1,3-7,10-11,13H,8-9,15H2/t13-/m1/s1. The van der Waals surface area contributed by atoms with Crippen LogP contribution in [0.1, 0.15) is 17.3 Å². The van der Waals surface area contributed by atoms with Crippen molar-refractivity contribution in [1.82, 2.24) is 9.55 Å². The van der Waals surface area contributed by atoms with E-state index in [1.165, 1.54) is 5.56 Å². The second-order valence-electron chi connectivity index (χ2n) is 3.95. The Morgan fingerprint density at radius 1 is 1.35 bits per heavy atom. The van der Waals surface area contributed by atoms with Gasteiger partial charge in [-0.1, -0.05) is 36.3 Å². The largest absolute Gasteiger partial charge is 0.322 e. The summed E-state index contributed by atoms with van der Waals surface area (Å²) in [6.07, 6.45) is 9.60. The molecule has 2 aromatic rings. The quantitative estimate of drug-likeness (QED) is 0.806. The van der Waals surface area contributed by atoms with Gasteiger partial charge in [0.1, 0.15) is 0 Å². The minimum atomic E-state index is -0.0757. The van der Waals surface area contributed by atoms with Crippen molar-refractivity contribution in [2.75, 3.05) is 0 Å². The van der Waals surface area contributed by atoms with Crippen molar-refractivity contribution in [3.05, 3.63) is 54.1 Å². The highest BCUT2D eigenvalue weighted by Crippen LogP contribution is 2.15. The Labute approximate surface area is 101 Å². The second-order valence-corrected chi connectivity index (χ2v) is 3.95. The first-order valence-corrected chi connectivity index (χ1v) is 5.54. The molecule has 0 radical (unpaired) electrons. The molecule has 0 fully saturated rings. The third kappa shape index (κ3) is 2.74. The van der Waals surface area contributed by atoms with Gasteiger partial charge >= 0.3 is 0 Å². The normalized spacial score (nSPS) is 12.0. The number of imidazole rings is 1. The molecule has 0 spiro atoms. The lowest BCUT2D eigenvalue weighted by Crippen LogP contribution is -2.17. The summed E-state index contributed by atoms with van der Waals surface area (Å²) >= 11 is 0. The highest BCUT2D eigenvalue weighted by atomic mass is 15.1. The fourth-order valence-corrected chi connectivity index (χ4v) is 1.84. The summed E-state index contributed by atoms with van der Waals surface area (Å²) in [5, 5.41) is 0. The molecule has 0 unspecified atom stereocenters. The SMILES string of the molecule is C#CCn1cncc1[C@H](N)Cc1ccccc1. The zero-order chi connectivity index (χ0) is 12.1. The van der Waals surface area contributed by atoms with E-state index >= 15 is 0 Å². The number of aromatic nitrogens is 2. The molecule has 3 nitrogen and oxygen atoms in total. The van der Waals surface area contributed by atoms with Crippen molar-refractivity contribution in [1.29, 1.82) is 0 Å². The van der Waals surface area contributed by atoms with Gasteiger partial charge in [-0.05, 0) is 12.0 Å². The van der Waals surface area contributed by atoms with E-state index in [0.717, 1.165) is 12.1 Å². The summed E-state index contributed by atoms with van der Waals surface area (Å²) < 4.78 is 1.91. The number of terminal acetylenes is 1. The van der Waals surface area contributed by atoms with Crippen molar-refractivity contribution in [2.45, 2.75) is 19.0 Å². The number of nitrogens with two attached hydrogens (primary N) is 1. The highest BCUT2D eigenvalue weighted by molar-refractivity contribution is 5.18. The van der Waals surface area contributed by atoms with Gasteiger partial charge in [-0.15, -0.1) is 6.42 Å². The topological polar surface area (TPSA) is 43.8 Å². The molecule has 1 aromatic carbocycles. The molecule has 0 aliphatic rings. The number of rotatable bonds is 4. The number of nitrogens with zero attached hydrogens (tertiary/aromatic N) is 2. The monoisotopic (exact) mass is 225 g/mol. The molecule has 1 aromatic heterocycles. The van der Waals surface area contributed by atoms with Crippen LogP contribution in [0.15, 0.2) is 42.9 Å². The van der Waals surface area contributed by atoms with Crippen LogP contribution in [0.25, 0.3) is 0 Å². The summed E-state index contributed by atoms with van der Waals surface area (Å²) in [7, 11) is 0. The fraction of sp³-hybridized carbons (Fsp3) is 0.214. The van der Waals surface area contributed by atoms with Crippen molar-refractivity contribution in [2.24, 2.45) is 5.73 Å². The van der Waals surface area contributed by atoms with E-state index in [1.54, 1.807) is 12.5 Å². The summed E-state index contributed by atoms with van der Waals surface area (Å²) in [4.78, 5) is 4.09. The minimum Gasteiger partial charge on any atom is -0.322 e. The van der Waals surface area contributed by atoms with Gasteiger partial charge in [0.15, 0.2) is 0 Å². The summed E-state index contributed by atoms with van der Waals surface area (Å²) in [6, 6.07) is 10.1. The maximum Gasteiger partial charge on any atom is 0.0957 e. The third-order valence-electron chi connectivity index (χ3n) is 2.68. The average Bonchev–Trinajstić information content (AvgIpc) is 2.79. The van der Waals surface area contributed by atoms with Crippen molar-refractivity contribution in [3.63, 3.8) is 0 Å². The molecule has 0 aliphatic carbocycles.